The van der Waals surface area contributed by atoms with Crippen molar-refractivity contribution in [3.8, 4) is 22.6 Å². The second kappa shape index (κ2) is 12.4. The average molecular weight is 462 g/mol. The van der Waals surface area contributed by atoms with E-state index in [0.29, 0.717) is 22.3 Å². The van der Waals surface area contributed by atoms with Crippen LogP contribution in [0.3, 0.4) is 0 Å². The Morgan fingerprint density at radius 1 is 0.647 bits per heavy atom. The van der Waals surface area contributed by atoms with E-state index in [1.807, 2.05) is 0 Å². The molecule has 8 heteroatoms. The number of carbonyl (C=O) groups is 4. The molecule has 0 bridgehead atoms. The van der Waals surface area contributed by atoms with E-state index < -0.39 is 23.9 Å². The fourth-order valence-corrected chi connectivity index (χ4v) is 2.72. The summed E-state index contributed by atoms with van der Waals surface area (Å²) in [5.41, 5.74) is 2.12. The van der Waals surface area contributed by atoms with Crippen molar-refractivity contribution in [1.29, 1.82) is 0 Å². The van der Waals surface area contributed by atoms with Crippen molar-refractivity contribution in [3.63, 3.8) is 0 Å². The first kappa shape index (κ1) is 25.5. The van der Waals surface area contributed by atoms with Crippen LogP contribution >= 0.6 is 0 Å². The molecule has 0 saturated carbocycles. The van der Waals surface area contributed by atoms with E-state index in [1.165, 1.54) is 12.1 Å². The van der Waals surface area contributed by atoms with Crippen molar-refractivity contribution in [1.82, 2.24) is 0 Å². The molecule has 0 aliphatic carbocycles. The number of ether oxygens (including phenoxy) is 4. The Morgan fingerprint density at radius 3 is 1.82 bits per heavy atom. The van der Waals surface area contributed by atoms with Gasteiger partial charge in [0.05, 0.1) is 0 Å². The molecule has 2 aromatic rings. The smallest absolute Gasteiger partial charge is 0.335 e. The zero-order valence-corrected chi connectivity index (χ0v) is 18.3. The van der Waals surface area contributed by atoms with Crippen LogP contribution in [-0.4, -0.2) is 23.9 Å². The molecule has 8 nitrogen and oxygen atoms in total. The molecular formula is C26H22O8. The Labute approximate surface area is 196 Å². The minimum atomic E-state index is -0.735. The normalized spacial score (nSPS) is 9.76. The van der Waals surface area contributed by atoms with Crippen molar-refractivity contribution < 1.29 is 38.1 Å². The molecule has 0 amide bonds. The quantitative estimate of drug-likeness (QED) is 0.280. The molecule has 34 heavy (non-hydrogen) atoms. The summed E-state index contributed by atoms with van der Waals surface area (Å²) < 4.78 is 20.7. The summed E-state index contributed by atoms with van der Waals surface area (Å²) in [7, 11) is 0. The molecule has 0 saturated heterocycles. The van der Waals surface area contributed by atoms with Crippen LogP contribution in [0.4, 0.5) is 0 Å². The predicted molar refractivity (Wildman–Crippen MR) is 124 cm³/mol. The van der Waals surface area contributed by atoms with Crippen LogP contribution in [0.5, 0.6) is 11.5 Å². The average Bonchev–Trinajstić information content (AvgIpc) is 2.85. The molecule has 0 fully saturated rings. The second-order valence-electron chi connectivity index (χ2n) is 6.52. The predicted octanol–water partition coefficient (Wildman–Crippen LogP) is 3.99. The molecule has 0 N–H and O–H groups in total. The van der Waals surface area contributed by atoms with Crippen LogP contribution in [0.2, 0.25) is 0 Å². The standard InChI is InChI=1S/C26H22O8/c1-5-23(27)31-15-17-9-11-20(18(13-17)16-32-24(28)6-2)21-12-10-19(33-25(29)7-3)14-22(21)34-26(30)8-4/h5-14H,1-4,15-16H2. The zero-order valence-electron chi connectivity index (χ0n) is 18.3. The van der Waals surface area contributed by atoms with Gasteiger partial charge in [0.15, 0.2) is 0 Å². The van der Waals surface area contributed by atoms with E-state index >= 15 is 0 Å². The fourth-order valence-electron chi connectivity index (χ4n) is 2.72. The Balaban J connectivity index is 2.55. The van der Waals surface area contributed by atoms with Crippen molar-refractivity contribution >= 4 is 23.9 Å². The van der Waals surface area contributed by atoms with Crippen molar-refractivity contribution in [2.24, 2.45) is 0 Å². The van der Waals surface area contributed by atoms with Gasteiger partial charge >= 0.3 is 23.9 Å². The summed E-state index contributed by atoms with van der Waals surface area (Å²) in [6.45, 7) is 13.3. The highest BCUT2D eigenvalue weighted by Crippen LogP contribution is 2.36. The number of esters is 4. The van der Waals surface area contributed by atoms with Gasteiger partial charge in [-0.3, -0.25) is 0 Å². The van der Waals surface area contributed by atoms with E-state index in [2.05, 4.69) is 26.3 Å². The molecule has 0 aliphatic rings. The summed E-state index contributed by atoms with van der Waals surface area (Å²) in [6.07, 6.45) is 4.04. The van der Waals surface area contributed by atoms with Gasteiger partial charge in [0.25, 0.3) is 0 Å². The van der Waals surface area contributed by atoms with Crippen molar-refractivity contribution in [2.75, 3.05) is 0 Å². The Kier molecular flexibility index (Phi) is 9.28. The van der Waals surface area contributed by atoms with E-state index in [4.69, 9.17) is 18.9 Å². The fraction of sp³-hybridized carbons (Fsp3) is 0.0769. The number of rotatable bonds is 11. The van der Waals surface area contributed by atoms with Gasteiger partial charge in [0.2, 0.25) is 0 Å². The Hall–Kier alpha value is -4.72. The number of carbonyl (C=O) groups excluding carboxylic acids is 4. The molecule has 0 spiro atoms. The molecule has 0 atom stereocenters. The highest BCUT2D eigenvalue weighted by Gasteiger charge is 2.17. The molecule has 0 aliphatic heterocycles. The maximum absolute atomic E-state index is 11.9. The summed E-state index contributed by atoms with van der Waals surface area (Å²) in [4.78, 5) is 46.5. The van der Waals surface area contributed by atoms with E-state index in [1.54, 1.807) is 24.3 Å². The van der Waals surface area contributed by atoms with Gasteiger partial charge in [-0.05, 0) is 34.9 Å². The van der Waals surface area contributed by atoms with E-state index in [9.17, 15) is 19.2 Å². The van der Waals surface area contributed by atoms with Crippen LogP contribution in [0.25, 0.3) is 11.1 Å². The Morgan fingerprint density at radius 2 is 1.21 bits per heavy atom. The van der Waals surface area contributed by atoms with Gasteiger partial charge in [-0.1, -0.05) is 38.4 Å². The van der Waals surface area contributed by atoms with Gasteiger partial charge in [0, 0.05) is 35.9 Å². The molecule has 2 rings (SSSR count). The van der Waals surface area contributed by atoms with Crippen LogP contribution in [-0.2, 0) is 41.9 Å². The lowest BCUT2D eigenvalue weighted by Crippen LogP contribution is -2.08. The third-order valence-corrected chi connectivity index (χ3v) is 4.26. The lowest BCUT2D eigenvalue weighted by atomic mass is 9.97. The minimum absolute atomic E-state index is 0.0394. The maximum Gasteiger partial charge on any atom is 0.335 e. The lowest BCUT2D eigenvalue weighted by Gasteiger charge is -2.16. The summed E-state index contributed by atoms with van der Waals surface area (Å²) >= 11 is 0. The van der Waals surface area contributed by atoms with E-state index in [-0.39, 0.29) is 24.7 Å². The Bertz CT molecular complexity index is 1160. The third-order valence-electron chi connectivity index (χ3n) is 4.26. The number of hydrogen-bond donors (Lipinski definition) is 0. The minimum Gasteiger partial charge on any atom is -0.458 e. The SMILES string of the molecule is C=CC(=O)OCc1ccc(-c2ccc(OC(=O)C=C)cc2OC(=O)C=C)c(COC(=O)C=C)c1. The van der Waals surface area contributed by atoms with E-state index in [0.717, 1.165) is 24.3 Å². The molecule has 174 valence electrons. The van der Waals surface area contributed by atoms with Gasteiger partial charge in [-0.15, -0.1) is 0 Å². The van der Waals surface area contributed by atoms with Crippen LogP contribution in [0, 0.1) is 0 Å². The zero-order chi connectivity index (χ0) is 25.1. The lowest BCUT2D eigenvalue weighted by molar-refractivity contribution is -0.139. The van der Waals surface area contributed by atoms with Crippen LogP contribution in [0.1, 0.15) is 11.1 Å². The molecule has 0 radical (unpaired) electrons. The summed E-state index contributed by atoms with van der Waals surface area (Å²) in [6, 6.07) is 9.48. The second-order valence-corrected chi connectivity index (χ2v) is 6.52. The number of benzene rings is 2. The van der Waals surface area contributed by atoms with Gasteiger partial charge in [-0.25, -0.2) is 19.2 Å². The molecule has 0 heterocycles. The van der Waals surface area contributed by atoms with Gasteiger partial charge in [0.1, 0.15) is 24.7 Å². The van der Waals surface area contributed by atoms with Crippen molar-refractivity contribution in [3.05, 3.63) is 98.1 Å². The largest absolute Gasteiger partial charge is 0.458 e. The van der Waals surface area contributed by atoms with Gasteiger partial charge < -0.3 is 18.9 Å². The van der Waals surface area contributed by atoms with Gasteiger partial charge in [-0.2, -0.15) is 0 Å². The first-order chi connectivity index (χ1) is 16.3. The van der Waals surface area contributed by atoms with Crippen LogP contribution < -0.4 is 9.47 Å². The molecule has 0 aromatic heterocycles. The summed E-state index contributed by atoms with van der Waals surface area (Å²) in [5, 5.41) is 0. The monoisotopic (exact) mass is 462 g/mol. The highest BCUT2D eigenvalue weighted by molar-refractivity contribution is 5.87. The first-order valence-electron chi connectivity index (χ1n) is 9.84. The third kappa shape index (κ3) is 7.16. The highest BCUT2D eigenvalue weighted by atomic mass is 16.5. The number of hydrogen-bond acceptors (Lipinski definition) is 8. The first-order valence-corrected chi connectivity index (χ1v) is 9.84. The molecule has 0 unspecified atom stereocenters. The molecular weight excluding hydrogens is 440 g/mol. The summed E-state index contributed by atoms with van der Waals surface area (Å²) in [5.74, 6) is -2.47. The molecule has 2 aromatic carbocycles. The van der Waals surface area contributed by atoms with Crippen molar-refractivity contribution in [2.45, 2.75) is 13.2 Å². The maximum atomic E-state index is 11.9. The topological polar surface area (TPSA) is 105 Å². The van der Waals surface area contributed by atoms with Crippen LogP contribution in [0.15, 0.2) is 87.0 Å².